The lowest BCUT2D eigenvalue weighted by Crippen LogP contribution is -3.00. The number of benzene rings is 1. The largest absolute Gasteiger partial charge is 1.00 e. The van der Waals surface area contributed by atoms with Crippen molar-refractivity contribution >= 4 is 21.6 Å². The van der Waals surface area contributed by atoms with Gasteiger partial charge in [-0.2, -0.15) is 0 Å². The Hall–Kier alpha value is -0.440. The lowest BCUT2D eigenvalue weighted by Gasteiger charge is -2.26. The van der Waals surface area contributed by atoms with Crippen LogP contribution in [-0.2, 0) is 14.8 Å². The van der Waals surface area contributed by atoms with Gasteiger partial charge in [0.05, 0.1) is 23.1 Å². The molecular weight excluding hydrogens is 342 g/mol. The number of ether oxygens (including phenoxy) is 1. The Balaban J connectivity index is 0.00000220. The highest BCUT2D eigenvalue weighted by atomic mass is 35.5. The molecule has 120 valence electrons. The summed E-state index contributed by atoms with van der Waals surface area (Å²) in [7, 11) is -3.66. The van der Waals surface area contributed by atoms with Crippen molar-refractivity contribution in [1.29, 1.82) is 0 Å². The summed E-state index contributed by atoms with van der Waals surface area (Å²) in [6.07, 6.45) is 0. The van der Waals surface area contributed by atoms with Crippen LogP contribution in [-0.4, -0.2) is 52.7 Å². The zero-order valence-corrected chi connectivity index (χ0v) is 13.5. The third-order valence-corrected chi connectivity index (χ3v) is 4.77. The van der Waals surface area contributed by atoms with Crippen molar-refractivity contribution in [2.24, 2.45) is 0 Å². The fourth-order valence-corrected chi connectivity index (χ4v) is 3.18. The van der Waals surface area contributed by atoms with Gasteiger partial charge in [0.25, 0.3) is 0 Å². The van der Waals surface area contributed by atoms with E-state index in [-0.39, 0.29) is 28.9 Å². The molecule has 0 aliphatic carbocycles. The fourth-order valence-electron chi connectivity index (χ4n) is 1.89. The molecule has 21 heavy (non-hydrogen) atoms. The molecule has 0 spiro atoms. The van der Waals surface area contributed by atoms with E-state index >= 15 is 0 Å². The lowest BCUT2D eigenvalue weighted by molar-refractivity contribution is -0.00000893. The number of rotatable bonds is 5. The van der Waals surface area contributed by atoms with Gasteiger partial charge in [-0.3, -0.25) is 4.90 Å². The van der Waals surface area contributed by atoms with Gasteiger partial charge in [-0.05, 0) is 18.2 Å². The molecule has 0 bridgehead atoms. The van der Waals surface area contributed by atoms with Gasteiger partial charge in [0, 0.05) is 26.2 Å². The number of hydrogen-bond donors (Lipinski definition) is 1. The summed E-state index contributed by atoms with van der Waals surface area (Å²) in [5.74, 6) is -0.640. The molecule has 0 amide bonds. The zero-order valence-electron chi connectivity index (χ0n) is 11.2. The van der Waals surface area contributed by atoms with Crippen LogP contribution in [0.15, 0.2) is 23.1 Å². The van der Waals surface area contributed by atoms with Crippen molar-refractivity contribution in [3.05, 3.63) is 29.0 Å². The predicted octanol–water partition coefficient (Wildman–Crippen LogP) is -1.91. The molecule has 9 heteroatoms. The predicted molar refractivity (Wildman–Crippen MR) is 73.9 cm³/mol. The van der Waals surface area contributed by atoms with Gasteiger partial charge in [-0.1, -0.05) is 11.6 Å². The van der Waals surface area contributed by atoms with E-state index in [1.54, 1.807) is 0 Å². The zero-order chi connectivity index (χ0) is 14.6. The van der Waals surface area contributed by atoms with E-state index in [0.717, 1.165) is 25.2 Å². The number of morpholine rings is 1. The summed E-state index contributed by atoms with van der Waals surface area (Å²) in [6, 6.07) is 3.34. The first-order chi connectivity index (χ1) is 9.49. The lowest BCUT2D eigenvalue weighted by atomic mass is 10.3. The maximum absolute atomic E-state index is 13.0. The highest BCUT2D eigenvalue weighted by Crippen LogP contribution is 2.19. The van der Waals surface area contributed by atoms with E-state index < -0.39 is 15.8 Å². The second-order valence-electron chi connectivity index (χ2n) is 4.43. The fraction of sp³-hybridized carbons (Fsp3) is 0.500. The monoisotopic (exact) mass is 357 g/mol. The van der Waals surface area contributed by atoms with E-state index in [9.17, 15) is 12.8 Å². The quantitative estimate of drug-likeness (QED) is 0.668. The first-order valence-electron chi connectivity index (χ1n) is 6.24. The Morgan fingerprint density at radius 3 is 2.62 bits per heavy atom. The molecule has 0 radical (unpaired) electrons. The van der Waals surface area contributed by atoms with Crippen LogP contribution in [0.1, 0.15) is 0 Å². The molecular formula is C12H16Cl2FN2O3S-. The standard InChI is InChI=1S/C12H16ClFN2O3S.ClH/c13-11-9-10(1-2-12(11)14)20(17,18)15-3-4-16-5-7-19-8-6-16;/h1-2,9,15H,3-8H2;1H/p-1. The van der Waals surface area contributed by atoms with Gasteiger partial charge in [-0.25, -0.2) is 17.5 Å². The number of nitrogens with zero attached hydrogens (tertiary/aromatic N) is 1. The molecule has 1 aromatic carbocycles. The molecule has 1 aromatic rings. The summed E-state index contributed by atoms with van der Waals surface area (Å²) in [4.78, 5) is 2.08. The van der Waals surface area contributed by atoms with E-state index in [1.807, 2.05) is 0 Å². The molecule has 1 aliphatic rings. The van der Waals surface area contributed by atoms with Gasteiger partial charge in [-0.15, -0.1) is 0 Å². The summed E-state index contributed by atoms with van der Waals surface area (Å²) in [5.41, 5.74) is 0. The van der Waals surface area contributed by atoms with Crippen LogP contribution in [0.3, 0.4) is 0 Å². The average molecular weight is 358 g/mol. The van der Waals surface area contributed by atoms with Crippen molar-refractivity contribution in [2.75, 3.05) is 39.4 Å². The van der Waals surface area contributed by atoms with Crippen LogP contribution in [0.2, 0.25) is 5.02 Å². The molecule has 1 N–H and O–H groups in total. The van der Waals surface area contributed by atoms with Gasteiger partial charge in [0.2, 0.25) is 10.0 Å². The SMILES string of the molecule is O=S(=O)(NCCN1CCOCC1)c1ccc(F)c(Cl)c1.[Cl-]. The van der Waals surface area contributed by atoms with Gasteiger partial charge in [0.1, 0.15) is 5.82 Å². The summed E-state index contributed by atoms with van der Waals surface area (Å²) in [5, 5.41) is -0.207. The molecule has 0 saturated carbocycles. The molecule has 1 saturated heterocycles. The second-order valence-corrected chi connectivity index (χ2v) is 6.60. The highest BCUT2D eigenvalue weighted by molar-refractivity contribution is 7.89. The molecule has 0 aromatic heterocycles. The van der Waals surface area contributed by atoms with E-state index in [4.69, 9.17) is 16.3 Å². The Morgan fingerprint density at radius 1 is 1.33 bits per heavy atom. The minimum absolute atomic E-state index is 0. The Labute approximate surface area is 134 Å². The minimum atomic E-state index is -3.66. The topological polar surface area (TPSA) is 58.6 Å². The highest BCUT2D eigenvalue weighted by Gasteiger charge is 2.16. The Bertz CT molecular complexity index is 566. The first kappa shape index (κ1) is 18.6. The van der Waals surface area contributed by atoms with Crippen molar-refractivity contribution in [2.45, 2.75) is 4.90 Å². The van der Waals surface area contributed by atoms with E-state index in [0.29, 0.717) is 19.8 Å². The third-order valence-electron chi connectivity index (χ3n) is 3.03. The van der Waals surface area contributed by atoms with Gasteiger partial charge >= 0.3 is 0 Å². The third kappa shape index (κ3) is 5.36. The van der Waals surface area contributed by atoms with Crippen LogP contribution in [0.25, 0.3) is 0 Å². The molecule has 1 heterocycles. The van der Waals surface area contributed by atoms with Crippen molar-refractivity contribution < 1.29 is 30.0 Å². The van der Waals surface area contributed by atoms with Gasteiger partial charge < -0.3 is 17.1 Å². The van der Waals surface area contributed by atoms with Crippen LogP contribution >= 0.6 is 11.6 Å². The average Bonchev–Trinajstić information content (AvgIpc) is 2.43. The van der Waals surface area contributed by atoms with Crippen LogP contribution in [0, 0.1) is 5.82 Å². The molecule has 0 atom stereocenters. The molecule has 2 rings (SSSR count). The summed E-state index contributed by atoms with van der Waals surface area (Å²) < 4.78 is 44.7. The maximum atomic E-state index is 13.0. The smallest absolute Gasteiger partial charge is 0.240 e. The first-order valence-corrected chi connectivity index (χ1v) is 8.10. The second kappa shape index (κ2) is 8.26. The molecule has 1 fully saturated rings. The Kier molecular flexibility index (Phi) is 7.32. The molecule has 0 unspecified atom stereocenters. The van der Waals surface area contributed by atoms with Crippen LogP contribution in [0.4, 0.5) is 4.39 Å². The summed E-state index contributed by atoms with van der Waals surface area (Å²) >= 11 is 5.59. The van der Waals surface area contributed by atoms with Crippen LogP contribution in [0.5, 0.6) is 0 Å². The van der Waals surface area contributed by atoms with E-state index in [1.165, 1.54) is 6.07 Å². The number of sulfonamides is 1. The summed E-state index contributed by atoms with van der Waals surface area (Å²) in [6.45, 7) is 3.82. The van der Waals surface area contributed by atoms with Crippen molar-refractivity contribution in [3.8, 4) is 0 Å². The molecule has 1 aliphatic heterocycles. The number of hydrogen-bond acceptors (Lipinski definition) is 4. The number of halogens is 3. The van der Waals surface area contributed by atoms with Crippen LogP contribution < -0.4 is 17.1 Å². The van der Waals surface area contributed by atoms with Crippen molar-refractivity contribution in [3.63, 3.8) is 0 Å². The minimum Gasteiger partial charge on any atom is -1.00 e. The van der Waals surface area contributed by atoms with Crippen molar-refractivity contribution in [1.82, 2.24) is 9.62 Å². The Morgan fingerprint density at radius 2 is 2.00 bits per heavy atom. The van der Waals surface area contributed by atoms with Gasteiger partial charge in [0.15, 0.2) is 0 Å². The normalized spacial score (nSPS) is 16.5. The number of nitrogens with one attached hydrogen (secondary N) is 1. The van der Waals surface area contributed by atoms with E-state index in [2.05, 4.69) is 9.62 Å². The molecule has 5 nitrogen and oxygen atoms in total. The maximum Gasteiger partial charge on any atom is 0.240 e.